The van der Waals surface area contributed by atoms with Gasteiger partial charge in [-0.1, -0.05) is 6.92 Å². The second kappa shape index (κ2) is 6.76. The van der Waals surface area contributed by atoms with E-state index in [0.29, 0.717) is 25.7 Å². The summed E-state index contributed by atoms with van der Waals surface area (Å²) in [4.78, 5) is 24.4. The van der Waals surface area contributed by atoms with E-state index in [9.17, 15) is 35.1 Å². The molecular formula is C23H32O8. The lowest BCUT2D eigenvalue weighted by molar-refractivity contribution is -0.258. The highest BCUT2D eigenvalue weighted by atomic mass is 16.5. The largest absolute Gasteiger partial charge is 0.481 e. The first-order valence-electron chi connectivity index (χ1n) is 11.4. The number of esters is 1. The second-order valence-corrected chi connectivity index (χ2v) is 10.7. The summed E-state index contributed by atoms with van der Waals surface area (Å²) in [6, 6.07) is 0. The van der Waals surface area contributed by atoms with Crippen molar-refractivity contribution in [3.8, 4) is 0 Å². The molecule has 5 rings (SSSR count). The summed E-state index contributed by atoms with van der Waals surface area (Å²) in [5, 5.41) is 54.8. The fraction of sp³-hybridized carbons (Fsp3) is 0.826. The lowest BCUT2D eigenvalue weighted by atomic mass is 9.41. The van der Waals surface area contributed by atoms with Crippen LogP contribution in [0.4, 0.5) is 0 Å². The van der Waals surface area contributed by atoms with E-state index in [2.05, 4.69) is 0 Å². The van der Waals surface area contributed by atoms with Gasteiger partial charge in [0.05, 0.1) is 29.3 Å². The molecule has 1 aliphatic heterocycles. The summed E-state index contributed by atoms with van der Waals surface area (Å²) in [5.41, 5.74) is -2.67. The van der Waals surface area contributed by atoms with Crippen molar-refractivity contribution in [2.75, 3.05) is 6.61 Å². The number of carbonyl (C=O) groups excluding carboxylic acids is 1. The molecule has 0 amide bonds. The summed E-state index contributed by atoms with van der Waals surface area (Å²) in [6.07, 6.45) is 1.04. The van der Waals surface area contributed by atoms with E-state index in [1.807, 2.05) is 6.92 Å². The SMILES string of the molecule is C[C@]12C(O)CC3C(CC[C@H]4[C@H](O)C(O)CC[C@]34C(=O)O)[C@@]1(O)CCC2C1=CC(=O)OC1. The Hall–Kier alpha value is -1.48. The maximum absolute atomic E-state index is 12.7. The third kappa shape index (κ3) is 2.50. The van der Waals surface area contributed by atoms with Gasteiger partial charge in [0.2, 0.25) is 0 Å². The highest BCUT2D eigenvalue weighted by molar-refractivity contribution is 5.85. The average Bonchev–Trinajstić information content (AvgIpc) is 3.26. The van der Waals surface area contributed by atoms with Crippen molar-refractivity contribution in [1.29, 1.82) is 0 Å². The van der Waals surface area contributed by atoms with E-state index in [1.54, 1.807) is 0 Å². The molecule has 0 saturated heterocycles. The predicted octanol–water partition coefficient (Wildman–Crippen LogP) is 0.611. The van der Waals surface area contributed by atoms with Gasteiger partial charge in [-0.15, -0.1) is 0 Å². The molecule has 0 bridgehead atoms. The third-order valence-corrected chi connectivity index (χ3v) is 10.0. The molecule has 5 unspecified atom stereocenters. The van der Waals surface area contributed by atoms with Crippen molar-refractivity contribution in [2.24, 2.45) is 34.5 Å². The zero-order chi connectivity index (χ0) is 22.3. The molecule has 8 heteroatoms. The molecule has 172 valence electrons. The number of hydrogen-bond donors (Lipinski definition) is 5. The monoisotopic (exact) mass is 436 g/mol. The molecule has 8 nitrogen and oxygen atoms in total. The molecule has 5 N–H and O–H groups in total. The van der Waals surface area contributed by atoms with Crippen LogP contribution in [0.1, 0.15) is 51.9 Å². The number of aliphatic hydroxyl groups excluding tert-OH is 3. The zero-order valence-corrected chi connectivity index (χ0v) is 17.7. The summed E-state index contributed by atoms with van der Waals surface area (Å²) < 4.78 is 5.09. The number of hydrogen-bond acceptors (Lipinski definition) is 7. The Morgan fingerprint density at radius 1 is 1.06 bits per heavy atom. The number of aliphatic hydroxyl groups is 4. The van der Waals surface area contributed by atoms with Gasteiger partial charge in [-0.2, -0.15) is 0 Å². The first-order valence-corrected chi connectivity index (χ1v) is 11.4. The molecule has 31 heavy (non-hydrogen) atoms. The maximum atomic E-state index is 12.7. The molecule has 0 aromatic carbocycles. The minimum absolute atomic E-state index is 0.168. The summed E-state index contributed by atoms with van der Waals surface area (Å²) in [7, 11) is 0. The molecule has 1 heterocycles. The first-order chi connectivity index (χ1) is 14.6. The molecular weight excluding hydrogens is 404 g/mol. The standard InChI is InChI=1S/C23H32O8/c1-21-12(11-8-18(26)31-10-11)4-7-23(21,30)13-2-3-14-19(27)16(24)5-6-22(14,20(28)29)15(13)9-17(21)25/h8,12-17,19,24-25,27,30H,2-7,9-10H2,1H3,(H,28,29)/t12?,13?,14-,15?,16?,17?,19-,21-,22+,23-/m0/s1. The van der Waals surface area contributed by atoms with Gasteiger partial charge >= 0.3 is 11.9 Å². The molecule has 0 radical (unpaired) electrons. The van der Waals surface area contributed by atoms with Crippen LogP contribution in [0.25, 0.3) is 0 Å². The van der Waals surface area contributed by atoms with Crippen LogP contribution in [0, 0.1) is 34.5 Å². The molecule has 4 aliphatic carbocycles. The van der Waals surface area contributed by atoms with Gasteiger partial charge in [0.15, 0.2) is 0 Å². The number of fused-ring (bicyclic) bond motifs is 5. The number of carboxylic acid groups (broad SMARTS) is 1. The quantitative estimate of drug-likeness (QED) is 0.396. The van der Waals surface area contributed by atoms with Gasteiger partial charge in [-0.25, -0.2) is 4.79 Å². The molecule has 4 saturated carbocycles. The first kappa shape index (κ1) is 21.4. The van der Waals surface area contributed by atoms with Crippen molar-refractivity contribution < 1.29 is 39.9 Å². The van der Waals surface area contributed by atoms with Crippen LogP contribution in [-0.2, 0) is 14.3 Å². The van der Waals surface area contributed by atoms with Crippen molar-refractivity contribution in [3.05, 3.63) is 11.6 Å². The number of rotatable bonds is 2. The van der Waals surface area contributed by atoms with E-state index in [4.69, 9.17) is 4.74 Å². The fourth-order valence-electron chi connectivity index (χ4n) is 8.48. The van der Waals surface area contributed by atoms with Crippen LogP contribution < -0.4 is 0 Å². The van der Waals surface area contributed by atoms with E-state index in [1.165, 1.54) is 6.08 Å². The Morgan fingerprint density at radius 3 is 2.42 bits per heavy atom. The highest BCUT2D eigenvalue weighted by Crippen LogP contribution is 2.70. The van der Waals surface area contributed by atoms with Crippen LogP contribution in [0.3, 0.4) is 0 Å². The molecule has 10 atom stereocenters. The van der Waals surface area contributed by atoms with Gasteiger partial charge < -0.3 is 30.3 Å². The lowest BCUT2D eigenvalue weighted by Crippen LogP contribution is -2.70. The smallest absolute Gasteiger partial charge is 0.331 e. The number of cyclic esters (lactones) is 1. The number of aliphatic carboxylic acids is 1. The van der Waals surface area contributed by atoms with Gasteiger partial charge in [0.1, 0.15) is 6.61 Å². The fourth-order valence-corrected chi connectivity index (χ4v) is 8.48. The highest BCUT2D eigenvalue weighted by Gasteiger charge is 2.73. The van der Waals surface area contributed by atoms with Gasteiger partial charge in [0, 0.05) is 17.4 Å². The lowest BCUT2D eigenvalue weighted by Gasteiger charge is -2.64. The topological polar surface area (TPSA) is 145 Å². The Balaban J connectivity index is 1.57. The molecule has 4 fully saturated rings. The minimum atomic E-state index is -1.28. The summed E-state index contributed by atoms with van der Waals surface area (Å²) in [5.74, 6) is -3.05. The number of carboxylic acids is 1. The summed E-state index contributed by atoms with van der Waals surface area (Å²) in [6.45, 7) is 2.04. The van der Waals surface area contributed by atoms with Gasteiger partial charge in [-0.3, -0.25) is 4.79 Å². The average molecular weight is 437 g/mol. The van der Waals surface area contributed by atoms with Crippen molar-refractivity contribution >= 4 is 11.9 Å². The predicted molar refractivity (Wildman–Crippen MR) is 106 cm³/mol. The van der Waals surface area contributed by atoms with Crippen molar-refractivity contribution in [2.45, 2.75) is 75.8 Å². The second-order valence-electron chi connectivity index (χ2n) is 10.7. The van der Waals surface area contributed by atoms with Crippen molar-refractivity contribution in [3.63, 3.8) is 0 Å². The number of carbonyl (C=O) groups is 2. The van der Waals surface area contributed by atoms with Gasteiger partial charge in [0.25, 0.3) is 0 Å². The van der Waals surface area contributed by atoms with Crippen molar-refractivity contribution in [1.82, 2.24) is 0 Å². The van der Waals surface area contributed by atoms with Crippen LogP contribution in [0.15, 0.2) is 11.6 Å². The Morgan fingerprint density at radius 2 is 1.77 bits per heavy atom. The van der Waals surface area contributed by atoms with Crippen LogP contribution >= 0.6 is 0 Å². The molecule has 0 aromatic rings. The molecule has 0 aromatic heterocycles. The van der Waals surface area contributed by atoms with E-state index >= 15 is 0 Å². The normalized spacial score (nSPS) is 53.8. The Kier molecular flexibility index (Phi) is 4.66. The van der Waals surface area contributed by atoms with Crippen LogP contribution in [-0.4, -0.2) is 68.0 Å². The van der Waals surface area contributed by atoms with E-state index < -0.39 is 58.5 Å². The van der Waals surface area contributed by atoms with Gasteiger partial charge in [-0.05, 0) is 68.3 Å². The minimum Gasteiger partial charge on any atom is -0.481 e. The van der Waals surface area contributed by atoms with Crippen LogP contribution in [0.5, 0.6) is 0 Å². The van der Waals surface area contributed by atoms with E-state index in [-0.39, 0.29) is 37.7 Å². The maximum Gasteiger partial charge on any atom is 0.331 e. The third-order valence-electron chi connectivity index (χ3n) is 10.0. The Labute approximate surface area is 180 Å². The number of ether oxygens (including phenoxy) is 1. The Bertz CT molecular complexity index is 839. The zero-order valence-electron chi connectivity index (χ0n) is 17.7. The van der Waals surface area contributed by atoms with Crippen LogP contribution in [0.2, 0.25) is 0 Å². The molecule has 0 spiro atoms. The summed E-state index contributed by atoms with van der Waals surface area (Å²) >= 11 is 0. The molecule has 5 aliphatic rings. The van der Waals surface area contributed by atoms with E-state index in [0.717, 1.165) is 5.57 Å².